The van der Waals surface area contributed by atoms with Crippen molar-refractivity contribution in [2.75, 3.05) is 33.4 Å². The molecular weight excluding hydrogens is 299 g/mol. The number of aromatic nitrogens is 1. The minimum absolute atomic E-state index is 0.0900. The molecule has 6 heteroatoms. The summed E-state index contributed by atoms with van der Waals surface area (Å²) in [6.07, 6.45) is 1.47. The van der Waals surface area contributed by atoms with Crippen LogP contribution in [0.15, 0.2) is 36.5 Å². The fraction of sp³-hybridized carbons (Fsp3) is 0.294. The second kappa shape index (κ2) is 6.75. The van der Waals surface area contributed by atoms with E-state index < -0.39 is 5.82 Å². The van der Waals surface area contributed by atoms with E-state index in [0.717, 1.165) is 0 Å². The molecule has 0 aliphatic carbocycles. The van der Waals surface area contributed by atoms with Crippen molar-refractivity contribution in [2.24, 2.45) is 0 Å². The first-order valence-corrected chi connectivity index (χ1v) is 7.36. The van der Waals surface area contributed by atoms with E-state index in [2.05, 4.69) is 4.98 Å². The smallest absolute Gasteiger partial charge is 0.255 e. The Hall–Kier alpha value is -2.47. The molecule has 1 aliphatic heterocycles. The van der Waals surface area contributed by atoms with Crippen LogP contribution in [0.5, 0.6) is 5.75 Å². The molecule has 0 saturated carbocycles. The summed E-state index contributed by atoms with van der Waals surface area (Å²) in [5.41, 5.74) is 1.20. The molecule has 0 atom stereocenters. The first kappa shape index (κ1) is 15.4. The summed E-state index contributed by atoms with van der Waals surface area (Å²) in [5.74, 6) is -0.0956. The van der Waals surface area contributed by atoms with Crippen LogP contribution < -0.4 is 4.74 Å². The lowest BCUT2D eigenvalue weighted by Crippen LogP contribution is -2.40. The van der Waals surface area contributed by atoms with E-state index in [1.165, 1.54) is 19.4 Å². The Morgan fingerprint density at radius 1 is 1.26 bits per heavy atom. The predicted octanol–water partition coefficient (Wildman–Crippen LogP) is 2.37. The summed E-state index contributed by atoms with van der Waals surface area (Å²) in [6, 6.07) is 7.90. The number of morpholine rings is 1. The van der Waals surface area contributed by atoms with Crippen LogP contribution in [0.3, 0.4) is 0 Å². The molecule has 0 bridgehead atoms. The Balaban J connectivity index is 1.86. The maximum Gasteiger partial charge on any atom is 0.255 e. The van der Waals surface area contributed by atoms with Gasteiger partial charge in [-0.2, -0.15) is 0 Å². The van der Waals surface area contributed by atoms with Crippen LogP contribution in [-0.4, -0.2) is 49.2 Å². The van der Waals surface area contributed by atoms with Crippen molar-refractivity contribution >= 4 is 5.91 Å². The average Bonchev–Trinajstić information content (AvgIpc) is 2.62. The van der Waals surface area contributed by atoms with E-state index in [-0.39, 0.29) is 5.91 Å². The number of benzene rings is 1. The van der Waals surface area contributed by atoms with E-state index in [0.29, 0.717) is 48.9 Å². The molecule has 2 heterocycles. The van der Waals surface area contributed by atoms with Gasteiger partial charge < -0.3 is 14.4 Å². The molecule has 0 radical (unpaired) electrons. The highest BCUT2D eigenvalue weighted by molar-refractivity contribution is 5.94. The molecule has 1 aliphatic rings. The van der Waals surface area contributed by atoms with Crippen LogP contribution in [-0.2, 0) is 4.74 Å². The van der Waals surface area contributed by atoms with E-state index in [4.69, 9.17) is 9.47 Å². The monoisotopic (exact) mass is 316 g/mol. The average molecular weight is 316 g/mol. The highest BCUT2D eigenvalue weighted by Gasteiger charge is 2.19. The maximum absolute atomic E-state index is 14.1. The molecule has 0 unspecified atom stereocenters. The molecule has 1 saturated heterocycles. The van der Waals surface area contributed by atoms with Crippen molar-refractivity contribution in [3.63, 3.8) is 0 Å². The number of nitrogens with zero attached hydrogens (tertiary/aromatic N) is 2. The van der Waals surface area contributed by atoms with E-state index >= 15 is 0 Å². The molecule has 120 valence electrons. The zero-order valence-electron chi connectivity index (χ0n) is 12.8. The van der Waals surface area contributed by atoms with Crippen LogP contribution in [0.2, 0.25) is 0 Å². The number of amides is 1. The van der Waals surface area contributed by atoms with E-state index in [1.54, 1.807) is 29.2 Å². The van der Waals surface area contributed by atoms with Gasteiger partial charge in [0.05, 0.1) is 37.1 Å². The summed E-state index contributed by atoms with van der Waals surface area (Å²) in [4.78, 5) is 18.3. The molecule has 23 heavy (non-hydrogen) atoms. The second-order valence-electron chi connectivity index (χ2n) is 5.15. The lowest BCUT2D eigenvalue weighted by Gasteiger charge is -2.26. The van der Waals surface area contributed by atoms with Gasteiger partial charge in [0.15, 0.2) is 0 Å². The highest BCUT2D eigenvalue weighted by Crippen LogP contribution is 2.31. The van der Waals surface area contributed by atoms with Crippen LogP contribution in [0.1, 0.15) is 10.4 Å². The van der Waals surface area contributed by atoms with Gasteiger partial charge in [0, 0.05) is 19.3 Å². The number of methoxy groups -OCH3 is 1. The first-order valence-electron chi connectivity index (χ1n) is 7.36. The van der Waals surface area contributed by atoms with Crippen molar-refractivity contribution in [3.05, 3.63) is 47.9 Å². The van der Waals surface area contributed by atoms with Crippen molar-refractivity contribution in [2.45, 2.75) is 0 Å². The number of rotatable bonds is 3. The zero-order chi connectivity index (χ0) is 16.2. The van der Waals surface area contributed by atoms with Crippen molar-refractivity contribution in [1.29, 1.82) is 0 Å². The Morgan fingerprint density at radius 3 is 2.70 bits per heavy atom. The number of ether oxygens (including phenoxy) is 2. The largest absolute Gasteiger partial charge is 0.496 e. The van der Waals surface area contributed by atoms with Gasteiger partial charge in [-0.05, 0) is 24.3 Å². The zero-order valence-corrected chi connectivity index (χ0v) is 12.8. The Labute approximate surface area is 133 Å². The second-order valence-corrected chi connectivity index (χ2v) is 5.15. The van der Waals surface area contributed by atoms with Gasteiger partial charge in [0.1, 0.15) is 11.6 Å². The fourth-order valence-electron chi connectivity index (χ4n) is 2.54. The number of pyridine rings is 1. The molecular formula is C17H17FN2O3. The van der Waals surface area contributed by atoms with Crippen molar-refractivity contribution < 1.29 is 18.7 Å². The summed E-state index contributed by atoms with van der Waals surface area (Å²) >= 11 is 0. The van der Waals surface area contributed by atoms with E-state index in [1.807, 2.05) is 0 Å². The third-order valence-electron chi connectivity index (χ3n) is 3.76. The first-order chi connectivity index (χ1) is 11.2. The quantitative estimate of drug-likeness (QED) is 0.872. The topological polar surface area (TPSA) is 51.7 Å². The minimum Gasteiger partial charge on any atom is -0.496 e. The Morgan fingerprint density at radius 2 is 2.04 bits per heavy atom. The highest BCUT2D eigenvalue weighted by atomic mass is 19.1. The van der Waals surface area contributed by atoms with E-state index in [9.17, 15) is 9.18 Å². The maximum atomic E-state index is 14.1. The van der Waals surface area contributed by atoms with Crippen LogP contribution >= 0.6 is 0 Å². The third-order valence-corrected chi connectivity index (χ3v) is 3.76. The summed E-state index contributed by atoms with van der Waals surface area (Å²) < 4.78 is 24.5. The third kappa shape index (κ3) is 3.17. The standard InChI is InChI=1S/C17H17FN2O3/c1-22-15-4-2-3-13(18)16(15)14-6-5-12(11-19-14)17(21)20-7-9-23-10-8-20/h2-6,11H,7-10H2,1H3. The van der Waals surface area contributed by atoms with Gasteiger partial charge in [-0.1, -0.05) is 6.07 Å². The molecule has 2 aromatic rings. The van der Waals surface area contributed by atoms with Gasteiger partial charge in [0.25, 0.3) is 5.91 Å². The molecule has 1 amide bonds. The predicted molar refractivity (Wildman–Crippen MR) is 82.9 cm³/mol. The van der Waals surface area contributed by atoms with Gasteiger partial charge >= 0.3 is 0 Å². The van der Waals surface area contributed by atoms with Crippen LogP contribution in [0.4, 0.5) is 4.39 Å². The molecule has 0 N–H and O–H groups in total. The summed E-state index contributed by atoms with van der Waals surface area (Å²) in [5, 5.41) is 0. The minimum atomic E-state index is -0.413. The van der Waals surface area contributed by atoms with Gasteiger partial charge in [-0.3, -0.25) is 9.78 Å². The molecule has 3 rings (SSSR count). The van der Waals surface area contributed by atoms with Crippen LogP contribution in [0, 0.1) is 5.82 Å². The Bertz CT molecular complexity index is 697. The van der Waals surface area contributed by atoms with Gasteiger partial charge in [0.2, 0.25) is 0 Å². The summed E-state index contributed by atoms with van der Waals surface area (Å²) in [7, 11) is 1.48. The molecule has 5 nitrogen and oxygen atoms in total. The molecule has 0 spiro atoms. The fourth-order valence-corrected chi connectivity index (χ4v) is 2.54. The normalized spacial score (nSPS) is 14.6. The van der Waals surface area contributed by atoms with Crippen LogP contribution in [0.25, 0.3) is 11.3 Å². The Kier molecular flexibility index (Phi) is 4.52. The van der Waals surface area contributed by atoms with Gasteiger partial charge in [-0.15, -0.1) is 0 Å². The molecule has 1 fully saturated rings. The van der Waals surface area contributed by atoms with Gasteiger partial charge in [-0.25, -0.2) is 4.39 Å². The number of hydrogen-bond donors (Lipinski definition) is 0. The summed E-state index contributed by atoms with van der Waals surface area (Å²) in [6.45, 7) is 2.23. The molecule has 1 aromatic carbocycles. The number of carbonyl (C=O) groups excluding carboxylic acids is 1. The van der Waals surface area contributed by atoms with Crippen molar-refractivity contribution in [3.8, 4) is 17.0 Å². The lowest BCUT2D eigenvalue weighted by atomic mass is 10.1. The van der Waals surface area contributed by atoms with Crippen molar-refractivity contribution in [1.82, 2.24) is 9.88 Å². The molecule has 1 aromatic heterocycles. The lowest BCUT2D eigenvalue weighted by molar-refractivity contribution is 0.0302. The number of hydrogen-bond acceptors (Lipinski definition) is 4. The SMILES string of the molecule is COc1cccc(F)c1-c1ccc(C(=O)N2CCOCC2)cn1. The number of halogens is 1. The number of carbonyl (C=O) groups is 1.